The molecular weight excluding hydrogens is 172 g/mol. The summed E-state index contributed by atoms with van der Waals surface area (Å²) >= 11 is 1.46. The Morgan fingerprint density at radius 3 is 3.08 bits per heavy atom. The highest BCUT2D eigenvalue weighted by Crippen LogP contribution is 2.23. The first-order chi connectivity index (χ1) is 5.79. The van der Waals surface area contributed by atoms with E-state index in [9.17, 15) is 0 Å². The molecule has 0 aliphatic carbocycles. The third kappa shape index (κ3) is 1.83. The minimum absolute atomic E-state index is 0.00608. The molecule has 1 heterocycles. The van der Waals surface area contributed by atoms with Crippen LogP contribution in [0, 0.1) is 11.3 Å². The molecule has 0 aromatic carbocycles. The van der Waals surface area contributed by atoms with Crippen LogP contribution in [-0.4, -0.2) is 5.11 Å². The summed E-state index contributed by atoms with van der Waals surface area (Å²) in [6.45, 7) is 0.00608. The van der Waals surface area contributed by atoms with Gasteiger partial charge in [-0.1, -0.05) is 0 Å². The molecule has 0 aliphatic heterocycles. The minimum atomic E-state index is -0.261. The van der Waals surface area contributed by atoms with Crippen molar-refractivity contribution in [2.24, 2.45) is 5.73 Å². The summed E-state index contributed by atoms with van der Waals surface area (Å²) in [7, 11) is 0. The van der Waals surface area contributed by atoms with E-state index in [1.54, 1.807) is 0 Å². The molecule has 3 N–H and O–H groups in total. The highest BCUT2D eigenvalue weighted by molar-refractivity contribution is 7.10. The van der Waals surface area contributed by atoms with E-state index in [0.717, 1.165) is 10.4 Å². The third-order valence-corrected chi connectivity index (χ3v) is 2.56. The van der Waals surface area contributed by atoms with Gasteiger partial charge in [0.2, 0.25) is 0 Å². The maximum absolute atomic E-state index is 8.90. The summed E-state index contributed by atoms with van der Waals surface area (Å²) in [5.74, 6) is 0. The number of nitrogens with two attached hydrogens (primary N) is 1. The lowest BCUT2D eigenvalue weighted by Crippen LogP contribution is -2.09. The quantitative estimate of drug-likeness (QED) is 0.736. The van der Waals surface area contributed by atoms with Crippen molar-refractivity contribution in [1.29, 1.82) is 5.26 Å². The molecule has 4 heteroatoms. The zero-order valence-corrected chi connectivity index (χ0v) is 7.34. The van der Waals surface area contributed by atoms with Crippen LogP contribution >= 0.6 is 11.3 Å². The Balaban J connectivity index is 2.80. The lowest BCUT2D eigenvalue weighted by molar-refractivity contribution is 0.284. The van der Waals surface area contributed by atoms with Crippen LogP contribution < -0.4 is 5.73 Å². The van der Waals surface area contributed by atoms with Crippen molar-refractivity contribution in [3.8, 4) is 6.07 Å². The number of thiophene rings is 1. The molecular formula is C8H10N2OS. The van der Waals surface area contributed by atoms with Gasteiger partial charge in [-0.3, -0.25) is 0 Å². The molecule has 1 aromatic heterocycles. The molecule has 0 amide bonds. The van der Waals surface area contributed by atoms with Gasteiger partial charge in [-0.2, -0.15) is 5.26 Å². The van der Waals surface area contributed by atoms with Gasteiger partial charge < -0.3 is 10.8 Å². The maximum Gasteiger partial charge on any atom is 0.0777 e. The second-order valence-corrected chi connectivity index (χ2v) is 3.43. The van der Waals surface area contributed by atoms with Crippen molar-refractivity contribution < 1.29 is 5.11 Å². The molecule has 1 atom stereocenters. The van der Waals surface area contributed by atoms with Crippen molar-refractivity contribution in [3.05, 3.63) is 21.9 Å². The molecule has 0 aliphatic rings. The Labute approximate surface area is 75.1 Å². The Morgan fingerprint density at radius 2 is 2.50 bits per heavy atom. The summed E-state index contributed by atoms with van der Waals surface area (Å²) in [6, 6.07) is 3.60. The number of aliphatic hydroxyl groups is 1. The summed E-state index contributed by atoms with van der Waals surface area (Å²) in [5.41, 5.74) is 6.59. The highest BCUT2D eigenvalue weighted by Gasteiger charge is 2.10. The molecule has 64 valence electrons. The summed E-state index contributed by atoms with van der Waals surface area (Å²) in [5, 5.41) is 19.2. The SMILES string of the molecule is N#CC[C@H](N)c1ccsc1CO. The molecule has 1 aromatic rings. The van der Waals surface area contributed by atoms with Gasteiger partial charge in [-0.15, -0.1) is 11.3 Å². The van der Waals surface area contributed by atoms with Crippen LogP contribution in [0.15, 0.2) is 11.4 Å². The van der Waals surface area contributed by atoms with Gasteiger partial charge in [0.1, 0.15) is 0 Å². The van der Waals surface area contributed by atoms with Crippen LogP contribution in [0.3, 0.4) is 0 Å². The van der Waals surface area contributed by atoms with Crippen molar-refractivity contribution in [2.75, 3.05) is 0 Å². The molecule has 0 saturated heterocycles. The van der Waals surface area contributed by atoms with E-state index >= 15 is 0 Å². The standard InChI is InChI=1S/C8H10N2OS/c9-3-1-7(10)6-2-4-12-8(6)5-11/h2,4,7,11H,1,5,10H2/t7-/m0/s1. The zero-order valence-electron chi connectivity index (χ0n) is 6.53. The maximum atomic E-state index is 8.90. The second kappa shape index (κ2) is 4.21. The van der Waals surface area contributed by atoms with Crippen LogP contribution in [0.25, 0.3) is 0 Å². The molecule has 0 bridgehead atoms. The predicted molar refractivity (Wildman–Crippen MR) is 47.4 cm³/mol. The van der Waals surface area contributed by atoms with Gasteiger partial charge in [0, 0.05) is 10.9 Å². The van der Waals surface area contributed by atoms with E-state index in [-0.39, 0.29) is 12.6 Å². The average molecular weight is 182 g/mol. The van der Waals surface area contributed by atoms with Gasteiger partial charge in [0.05, 0.1) is 19.1 Å². The Morgan fingerprint density at radius 1 is 1.75 bits per heavy atom. The fraction of sp³-hybridized carbons (Fsp3) is 0.375. The fourth-order valence-corrected chi connectivity index (χ4v) is 1.83. The molecule has 0 radical (unpaired) electrons. The number of rotatable bonds is 3. The Hall–Kier alpha value is -0.890. The van der Waals surface area contributed by atoms with Crippen molar-refractivity contribution in [3.63, 3.8) is 0 Å². The monoisotopic (exact) mass is 182 g/mol. The van der Waals surface area contributed by atoms with Gasteiger partial charge in [0.15, 0.2) is 0 Å². The summed E-state index contributed by atoms with van der Waals surface area (Å²) in [4.78, 5) is 0.859. The van der Waals surface area contributed by atoms with Crippen molar-refractivity contribution in [1.82, 2.24) is 0 Å². The van der Waals surface area contributed by atoms with Crippen molar-refractivity contribution in [2.45, 2.75) is 19.1 Å². The van der Waals surface area contributed by atoms with Gasteiger partial charge in [0.25, 0.3) is 0 Å². The topological polar surface area (TPSA) is 70.0 Å². The van der Waals surface area contributed by atoms with Crippen LogP contribution in [0.2, 0.25) is 0 Å². The van der Waals surface area contributed by atoms with Crippen LogP contribution in [0.5, 0.6) is 0 Å². The Kier molecular flexibility index (Phi) is 3.23. The number of aliphatic hydroxyl groups excluding tert-OH is 1. The molecule has 12 heavy (non-hydrogen) atoms. The first kappa shape index (κ1) is 9.20. The van der Waals surface area contributed by atoms with Gasteiger partial charge in [-0.25, -0.2) is 0 Å². The molecule has 0 spiro atoms. The van der Waals surface area contributed by atoms with Gasteiger partial charge >= 0.3 is 0 Å². The van der Waals surface area contributed by atoms with Crippen molar-refractivity contribution >= 4 is 11.3 Å². The fourth-order valence-electron chi connectivity index (χ4n) is 1.02. The van der Waals surface area contributed by atoms with E-state index in [4.69, 9.17) is 16.1 Å². The largest absolute Gasteiger partial charge is 0.391 e. The predicted octanol–water partition coefficient (Wildman–Crippen LogP) is 1.15. The smallest absolute Gasteiger partial charge is 0.0777 e. The van der Waals surface area contributed by atoms with Crippen LogP contribution in [0.1, 0.15) is 22.9 Å². The Bertz CT molecular complexity index is 289. The van der Waals surface area contributed by atoms with E-state index in [1.165, 1.54) is 11.3 Å². The summed E-state index contributed by atoms with van der Waals surface area (Å²) < 4.78 is 0. The summed E-state index contributed by atoms with van der Waals surface area (Å²) in [6.07, 6.45) is 0.295. The van der Waals surface area contributed by atoms with Crippen LogP contribution in [-0.2, 0) is 6.61 Å². The number of nitrogens with zero attached hydrogens (tertiary/aromatic N) is 1. The zero-order chi connectivity index (χ0) is 8.97. The number of hydrogen-bond donors (Lipinski definition) is 2. The number of hydrogen-bond acceptors (Lipinski definition) is 4. The molecule has 0 fully saturated rings. The van der Waals surface area contributed by atoms with E-state index in [1.807, 2.05) is 17.5 Å². The molecule has 1 rings (SSSR count). The van der Waals surface area contributed by atoms with Gasteiger partial charge in [-0.05, 0) is 17.0 Å². The first-order valence-electron chi connectivity index (χ1n) is 3.59. The lowest BCUT2D eigenvalue weighted by Gasteiger charge is -2.06. The van der Waals surface area contributed by atoms with Crippen LogP contribution in [0.4, 0.5) is 0 Å². The highest BCUT2D eigenvalue weighted by atomic mass is 32.1. The molecule has 3 nitrogen and oxygen atoms in total. The second-order valence-electron chi connectivity index (χ2n) is 2.43. The first-order valence-corrected chi connectivity index (χ1v) is 4.47. The van der Waals surface area contributed by atoms with E-state index in [0.29, 0.717) is 6.42 Å². The lowest BCUT2D eigenvalue weighted by atomic mass is 10.1. The third-order valence-electron chi connectivity index (χ3n) is 1.63. The average Bonchev–Trinajstić information content (AvgIpc) is 2.51. The van der Waals surface area contributed by atoms with E-state index < -0.39 is 0 Å². The normalized spacial score (nSPS) is 12.4. The molecule has 0 saturated carbocycles. The van der Waals surface area contributed by atoms with E-state index in [2.05, 4.69) is 0 Å². The number of nitriles is 1. The molecule has 0 unspecified atom stereocenters. The minimum Gasteiger partial charge on any atom is -0.391 e.